The Kier molecular flexibility index (Phi) is 2.95. The summed E-state index contributed by atoms with van der Waals surface area (Å²) < 4.78 is 0. The van der Waals surface area contributed by atoms with Crippen LogP contribution in [-0.4, -0.2) is 16.1 Å². The molecule has 0 spiro atoms. The Labute approximate surface area is 108 Å². The zero-order valence-corrected chi connectivity index (χ0v) is 11.2. The number of aliphatic hydroxyl groups is 1. The van der Waals surface area contributed by atoms with Crippen LogP contribution in [0.2, 0.25) is 0 Å². The molecule has 92 valence electrons. The number of hydrogen-bond donors (Lipinski definition) is 1. The van der Waals surface area contributed by atoms with Gasteiger partial charge in [-0.1, -0.05) is 37.6 Å². The minimum Gasteiger partial charge on any atom is -0.384 e. The van der Waals surface area contributed by atoms with Crippen molar-refractivity contribution in [3.63, 3.8) is 0 Å². The molecule has 17 heavy (non-hydrogen) atoms. The highest BCUT2D eigenvalue weighted by Gasteiger charge is 2.40. The van der Waals surface area contributed by atoms with Gasteiger partial charge in [-0.2, -0.15) is 11.8 Å². The second-order valence-electron chi connectivity index (χ2n) is 5.44. The van der Waals surface area contributed by atoms with Gasteiger partial charge in [-0.3, -0.25) is 0 Å². The highest BCUT2D eigenvalue weighted by molar-refractivity contribution is 8.00. The molecule has 2 atom stereocenters. The quantitative estimate of drug-likeness (QED) is 0.862. The van der Waals surface area contributed by atoms with E-state index in [0.29, 0.717) is 5.25 Å². The summed E-state index contributed by atoms with van der Waals surface area (Å²) in [6.45, 7) is 2.14. The molecule has 1 nitrogen and oxygen atoms in total. The first-order valence-electron chi connectivity index (χ1n) is 6.64. The molecule has 1 aliphatic carbocycles. The summed E-state index contributed by atoms with van der Waals surface area (Å²) in [5.41, 5.74) is 1.97. The third-order valence-electron chi connectivity index (χ3n) is 4.51. The third-order valence-corrected chi connectivity index (χ3v) is 5.84. The fraction of sp³-hybridized carbons (Fsp3) is 0.600. The predicted molar refractivity (Wildman–Crippen MR) is 73.5 cm³/mol. The van der Waals surface area contributed by atoms with Crippen molar-refractivity contribution in [1.29, 1.82) is 0 Å². The molecule has 1 N–H and O–H groups in total. The van der Waals surface area contributed by atoms with E-state index < -0.39 is 5.60 Å². The molecule has 1 saturated heterocycles. The zero-order valence-electron chi connectivity index (χ0n) is 10.4. The summed E-state index contributed by atoms with van der Waals surface area (Å²) in [7, 11) is 0. The van der Waals surface area contributed by atoms with Gasteiger partial charge >= 0.3 is 0 Å². The fourth-order valence-electron chi connectivity index (χ4n) is 2.90. The summed E-state index contributed by atoms with van der Waals surface area (Å²) in [5, 5.41) is 11.0. The van der Waals surface area contributed by atoms with Crippen molar-refractivity contribution < 1.29 is 5.11 Å². The summed E-state index contributed by atoms with van der Waals surface area (Å²) in [5.74, 6) is 1.86. The van der Waals surface area contributed by atoms with Gasteiger partial charge in [-0.25, -0.2) is 0 Å². The molecule has 1 saturated carbocycles. The van der Waals surface area contributed by atoms with Crippen LogP contribution in [0.1, 0.15) is 49.7 Å². The van der Waals surface area contributed by atoms with E-state index in [1.165, 1.54) is 24.8 Å². The Morgan fingerprint density at radius 2 is 1.94 bits per heavy atom. The molecule has 0 amide bonds. The summed E-state index contributed by atoms with van der Waals surface area (Å²) in [6, 6.07) is 8.76. The van der Waals surface area contributed by atoms with Crippen LogP contribution < -0.4 is 0 Å². The van der Waals surface area contributed by atoms with E-state index in [1.54, 1.807) is 0 Å². The molecule has 1 aliphatic heterocycles. The lowest BCUT2D eigenvalue weighted by atomic mass is 9.79. The van der Waals surface area contributed by atoms with Gasteiger partial charge in [0.25, 0.3) is 0 Å². The average Bonchev–Trinajstić information content (AvgIpc) is 2.59. The minimum atomic E-state index is -0.594. The Bertz CT molecular complexity index is 396. The van der Waals surface area contributed by atoms with E-state index in [4.69, 9.17) is 0 Å². The summed E-state index contributed by atoms with van der Waals surface area (Å²) >= 11 is 1.88. The predicted octanol–water partition coefficient (Wildman–Crippen LogP) is 3.67. The van der Waals surface area contributed by atoms with Crippen LogP contribution in [0.5, 0.6) is 0 Å². The van der Waals surface area contributed by atoms with Crippen molar-refractivity contribution in [2.24, 2.45) is 0 Å². The lowest BCUT2D eigenvalue weighted by Crippen LogP contribution is -2.31. The zero-order chi connectivity index (χ0) is 11.9. The second-order valence-corrected chi connectivity index (χ2v) is 6.89. The maximum Gasteiger partial charge on any atom is 0.102 e. The number of hydrogen-bond acceptors (Lipinski definition) is 2. The first kappa shape index (κ1) is 11.6. The van der Waals surface area contributed by atoms with Crippen LogP contribution in [0.3, 0.4) is 0 Å². The van der Waals surface area contributed by atoms with Gasteiger partial charge in [0.15, 0.2) is 0 Å². The van der Waals surface area contributed by atoms with Gasteiger partial charge in [0.2, 0.25) is 0 Å². The molecular weight excluding hydrogens is 228 g/mol. The van der Waals surface area contributed by atoms with Crippen molar-refractivity contribution in [3.05, 3.63) is 35.4 Å². The SMILES string of the molecule is CC1SCCC1(O)c1ccc(C2CCC2)cc1. The first-order valence-corrected chi connectivity index (χ1v) is 7.69. The molecule has 2 fully saturated rings. The van der Waals surface area contributed by atoms with Crippen LogP contribution in [0.15, 0.2) is 24.3 Å². The van der Waals surface area contributed by atoms with Crippen LogP contribution in [-0.2, 0) is 5.60 Å². The summed E-state index contributed by atoms with van der Waals surface area (Å²) in [6.07, 6.45) is 4.96. The molecule has 3 rings (SSSR count). The largest absolute Gasteiger partial charge is 0.384 e. The maximum absolute atomic E-state index is 10.7. The lowest BCUT2D eigenvalue weighted by molar-refractivity contribution is 0.0427. The minimum absolute atomic E-state index is 0.317. The molecule has 1 aromatic rings. The highest BCUT2D eigenvalue weighted by Crippen LogP contribution is 2.44. The normalized spacial score (nSPS) is 33.6. The first-order chi connectivity index (χ1) is 8.20. The van der Waals surface area contributed by atoms with E-state index in [-0.39, 0.29) is 0 Å². The molecule has 0 bridgehead atoms. The molecule has 0 aromatic heterocycles. The Morgan fingerprint density at radius 3 is 2.41 bits per heavy atom. The second kappa shape index (κ2) is 4.33. The van der Waals surface area contributed by atoms with Gasteiger partial charge in [0.05, 0.1) is 0 Å². The molecule has 1 heterocycles. The standard InChI is InChI=1S/C15H20OS/c1-11-15(16,9-10-17-11)14-7-5-13(6-8-14)12-3-2-4-12/h5-8,11-12,16H,2-4,9-10H2,1H3. The van der Waals surface area contributed by atoms with Crippen molar-refractivity contribution in [2.45, 2.75) is 49.4 Å². The van der Waals surface area contributed by atoms with Crippen molar-refractivity contribution >= 4 is 11.8 Å². The topological polar surface area (TPSA) is 20.2 Å². The number of rotatable bonds is 2. The Morgan fingerprint density at radius 1 is 1.24 bits per heavy atom. The number of thioether (sulfide) groups is 1. The van der Waals surface area contributed by atoms with E-state index >= 15 is 0 Å². The third kappa shape index (κ3) is 1.92. The maximum atomic E-state index is 10.7. The van der Waals surface area contributed by atoms with Gasteiger partial charge in [-0.15, -0.1) is 0 Å². The molecule has 2 heteroatoms. The van der Waals surface area contributed by atoms with E-state index in [2.05, 4.69) is 31.2 Å². The van der Waals surface area contributed by atoms with Crippen LogP contribution >= 0.6 is 11.8 Å². The van der Waals surface area contributed by atoms with Gasteiger partial charge in [0, 0.05) is 5.25 Å². The molecule has 2 unspecified atom stereocenters. The van der Waals surface area contributed by atoms with Gasteiger partial charge < -0.3 is 5.11 Å². The van der Waals surface area contributed by atoms with Crippen molar-refractivity contribution in [3.8, 4) is 0 Å². The van der Waals surface area contributed by atoms with Crippen LogP contribution in [0.4, 0.5) is 0 Å². The smallest absolute Gasteiger partial charge is 0.102 e. The number of benzene rings is 1. The lowest BCUT2D eigenvalue weighted by Gasteiger charge is -2.29. The van der Waals surface area contributed by atoms with E-state index in [1.807, 2.05) is 11.8 Å². The van der Waals surface area contributed by atoms with E-state index in [9.17, 15) is 5.11 Å². The van der Waals surface area contributed by atoms with Gasteiger partial charge in [-0.05, 0) is 42.1 Å². The van der Waals surface area contributed by atoms with Crippen molar-refractivity contribution in [1.82, 2.24) is 0 Å². The molecule has 2 aliphatic rings. The fourth-order valence-corrected chi connectivity index (χ4v) is 4.21. The Balaban J connectivity index is 1.83. The van der Waals surface area contributed by atoms with Crippen LogP contribution in [0.25, 0.3) is 0 Å². The summed E-state index contributed by atoms with van der Waals surface area (Å²) in [4.78, 5) is 0. The molecular formula is C15H20OS. The highest BCUT2D eigenvalue weighted by atomic mass is 32.2. The van der Waals surface area contributed by atoms with Crippen molar-refractivity contribution in [2.75, 3.05) is 5.75 Å². The monoisotopic (exact) mass is 248 g/mol. The van der Waals surface area contributed by atoms with E-state index in [0.717, 1.165) is 23.7 Å². The molecule has 0 radical (unpaired) electrons. The Hall–Kier alpha value is -0.470. The van der Waals surface area contributed by atoms with Gasteiger partial charge in [0.1, 0.15) is 5.60 Å². The molecule has 1 aromatic carbocycles. The van der Waals surface area contributed by atoms with Crippen LogP contribution in [0, 0.1) is 0 Å². The average molecular weight is 248 g/mol.